The molecule has 1 aromatic carbocycles. The maximum atomic E-state index is 12.2. The quantitative estimate of drug-likeness (QED) is 0.889. The van der Waals surface area contributed by atoms with Crippen molar-refractivity contribution in [1.29, 1.82) is 0 Å². The lowest BCUT2D eigenvalue weighted by molar-refractivity contribution is 0.0937. The van der Waals surface area contributed by atoms with Crippen molar-refractivity contribution in [3.8, 4) is 11.4 Å². The Kier molecular flexibility index (Phi) is 5.14. The zero-order valence-corrected chi connectivity index (χ0v) is 13.5. The molecule has 0 spiro atoms. The number of carbonyl (C=O) groups is 1. The smallest absolute Gasteiger partial charge is 0.273 e. The fraction of sp³-hybridized carbons (Fsp3) is 0.438. The molecule has 6 nitrogen and oxygen atoms in total. The molecule has 0 aliphatic heterocycles. The van der Waals surface area contributed by atoms with Gasteiger partial charge in [-0.25, -0.2) is 4.68 Å². The summed E-state index contributed by atoms with van der Waals surface area (Å²) in [5, 5.41) is 11.1. The topological polar surface area (TPSA) is 69.0 Å². The molecular formula is C16H22N4O2. The molecule has 0 bridgehead atoms. The molecule has 1 aromatic heterocycles. The van der Waals surface area contributed by atoms with Gasteiger partial charge in [0.2, 0.25) is 0 Å². The highest BCUT2D eigenvalue weighted by atomic mass is 16.5. The average molecular weight is 302 g/mol. The van der Waals surface area contributed by atoms with Gasteiger partial charge in [0.05, 0.1) is 18.5 Å². The van der Waals surface area contributed by atoms with E-state index >= 15 is 0 Å². The number of benzene rings is 1. The predicted molar refractivity (Wildman–Crippen MR) is 84.5 cm³/mol. The Bertz CT molecular complexity index is 632. The first kappa shape index (κ1) is 16.0. The maximum Gasteiger partial charge on any atom is 0.273 e. The maximum absolute atomic E-state index is 12.2. The molecule has 0 fully saturated rings. The molecular weight excluding hydrogens is 280 g/mol. The van der Waals surface area contributed by atoms with Crippen LogP contribution in [0.1, 0.15) is 43.4 Å². The van der Waals surface area contributed by atoms with E-state index in [-0.39, 0.29) is 11.9 Å². The minimum Gasteiger partial charge on any atom is -0.497 e. The zero-order valence-electron chi connectivity index (χ0n) is 13.5. The fourth-order valence-electron chi connectivity index (χ4n) is 2.20. The molecule has 0 aliphatic rings. The minimum absolute atomic E-state index is 0.0631. The molecule has 0 aliphatic carbocycles. The van der Waals surface area contributed by atoms with Gasteiger partial charge < -0.3 is 10.1 Å². The van der Waals surface area contributed by atoms with Gasteiger partial charge in [-0.15, -0.1) is 5.10 Å². The van der Waals surface area contributed by atoms with E-state index < -0.39 is 0 Å². The molecule has 0 unspecified atom stereocenters. The summed E-state index contributed by atoms with van der Waals surface area (Å²) < 4.78 is 6.88. The Balaban J connectivity index is 2.38. The van der Waals surface area contributed by atoms with Gasteiger partial charge in [-0.3, -0.25) is 4.79 Å². The van der Waals surface area contributed by atoms with Crippen molar-refractivity contribution in [2.45, 2.75) is 39.7 Å². The third-order valence-electron chi connectivity index (χ3n) is 3.20. The number of hydrogen-bond donors (Lipinski definition) is 1. The Morgan fingerprint density at radius 2 is 2.00 bits per heavy atom. The van der Waals surface area contributed by atoms with Crippen LogP contribution in [0.2, 0.25) is 0 Å². The number of hydrogen-bond acceptors (Lipinski definition) is 4. The van der Waals surface area contributed by atoms with Crippen LogP contribution in [0.3, 0.4) is 0 Å². The summed E-state index contributed by atoms with van der Waals surface area (Å²) in [6.07, 6.45) is 1.64. The lowest BCUT2D eigenvalue weighted by Gasteiger charge is -2.09. The molecule has 0 atom stereocenters. The monoisotopic (exact) mass is 302 g/mol. The Morgan fingerprint density at radius 1 is 1.32 bits per heavy atom. The summed E-state index contributed by atoms with van der Waals surface area (Å²) in [4.78, 5) is 12.2. The van der Waals surface area contributed by atoms with Gasteiger partial charge in [0, 0.05) is 6.04 Å². The number of ether oxygens (including phenoxy) is 1. The van der Waals surface area contributed by atoms with Crippen molar-refractivity contribution in [3.63, 3.8) is 0 Å². The van der Waals surface area contributed by atoms with Crippen molar-refractivity contribution < 1.29 is 9.53 Å². The molecule has 2 aromatic rings. The minimum atomic E-state index is -0.182. The van der Waals surface area contributed by atoms with E-state index in [9.17, 15) is 4.79 Å². The third-order valence-corrected chi connectivity index (χ3v) is 3.20. The van der Waals surface area contributed by atoms with Crippen LogP contribution < -0.4 is 10.1 Å². The van der Waals surface area contributed by atoms with Crippen LogP contribution in [-0.4, -0.2) is 34.1 Å². The molecule has 1 N–H and O–H groups in total. The van der Waals surface area contributed by atoms with E-state index in [1.807, 2.05) is 38.1 Å². The number of methoxy groups -OCH3 is 1. The van der Waals surface area contributed by atoms with E-state index in [0.717, 1.165) is 30.0 Å². The van der Waals surface area contributed by atoms with Crippen molar-refractivity contribution in [3.05, 3.63) is 35.7 Å². The molecule has 0 saturated carbocycles. The second kappa shape index (κ2) is 7.06. The van der Waals surface area contributed by atoms with Gasteiger partial charge in [-0.05, 0) is 44.5 Å². The van der Waals surface area contributed by atoms with E-state index in [1.165, 1.54) is 0 Å². The van der Waals surface area contributed by atoms with E-state index in [2.05, 4.69) is 22.6 Å². The Morgan fingerprint density at radius 3 is 2.55 bits per heavy atom. The highest BCUT2D eigenvalue weighted by Gasteiger charge is 2.20. The molecule has 1 heterocycles. The van der Waals surface area contributed by atoms with E-state index in [0.29, 0.717) is 5.69 Å². The third kappa shape index (κ3) is 3.44. The number of aromatic nitrogens is 3. The first-order valence-electron chi connectivity index (χ1n) is 7.46. The standard InChI is InChI=1S/C16H22N4O2/c1-5-6-14-15(16(21)17-11(2)3)18-19-20(14)12-7-9-13(22-4)10-8-12/h7-11H,5-6H2,1-4H3,(H,17,21). The van der Waals surface area contributed by atoms with Gasteiger partial charge >= 0.3 is 0 Å². The van der Waals surface area contributed by atoms with Gasteiger partial charge in [0.25, 0.3) is 5.91 Å². The summed E-state index contributed by atoms with van der Waals surface area (Å²) in [7, 11) is 1.63. The molecule has 6 heteroatoms. The van der Waals surface area contributed by atoms with Crippen LogP contribution in [-0.2, 0) is 6.42 Å². The Hall–Kier alpha value is -2.37. The van der Waals surface area contributed by atoms with Crippen LogP contribution in [0.5, 0.6) is 5.75 Å². The van der Waals surface area contributed by atoms with Gasteiger partial charge in [-0.1, -0.05) is 18.6 Å². The second-order valence-corrected chi connectivity index (χ2v) is 5.37. The van der Waals surface area contributed by atoms with Gasteiger partial charge in [-0.2, -0.15) is 0 Å². The van der Waals surface area contributed by atoms with Gasteiger partial charge in [0.15, 0.2) is 5.69 Å². The first-order valence-corrected chi connectivity index (χ1v) is 7.46. The number of nitrogens with zero attached hydrogens (tertiary/aromatic N) is 3. The van der Waals surface area contributed by atoms with Crippen molar-refractivity contribution in [1.82, 2.24) is 20.3 Å². The normalized spacial score (nSPS) is 10.8. The summed E-state index contributed by atoms with van der Waals surface area (Å²) in [6.45, 7) is 5.91. The van der Waals surface area contributed by atoms with Crippen LogP contribution >= 0.6 is 0 Å². The predicted octanol–water partition coefficient (Wildman–Crippen LogP) is 2.37. The number of carbonyl (C=O) groups excluding carboxylic acids is 1. The first-order chi connectivity index (χ1) is 10.6. The Labute approximate surface area is 130 Å². The highest BCUT2D eigenvalue weighted by Crippen LogP contribution is 2.18. The molecule has 0 saturated heterocycles. The fourth-order valence-corrected chi connectivity index (χ4v) is 2.20. The van der Waals surface area contributed by atoms with Crippen LogP contribution in [0.4, 0.5) is 0 Å². The molecule has 1 amide bonds. The van der Waals surface area contributed by atoms with Crippen LogP contribution in [0, 0.1) is 0 Å². The molecule has 0 radical (unpaired) electrons. The highest BCUT2D eigenvalue weighted by molar-refractivity contribution is 5.93. The molecule has 118 valence electrons. The van der Waals surface area contributed by atoms with Crippen molar-refractivity contribution in [2.75, 3.05) is 7.11 Å². The van der Waals surface area contributed by atoms with Crippen molar-refractivity contribution in [2.24, 2.45) is 0 Å². The van der Waals surface area contributed by atoms with E-state index in [4.69, 9.17) is 4.74 Å². The number of amides is 1. The average Bonchev–Trinajstić information content (AvgIpc) is 2.91. The summed E-state index contributed by atoms with van der Waals surface area (Å²) in [6, 6.07) is 7.59. The van der Waals surface area contributed by atoms with Crippen molar-refractivity contribution >= 4 is 5.91 Å². The van der Waals surface area contributed by atoms with E-state index in [1.54, 1.807) is 11.8 Å². The SMILES string of the molecule is CCCc1c(C(=O)NC(C)C)nnn1-c1ccc(OC)cc1. The second-order valence-electron chi connectivity index (χ2n) is 5.37. The largest absolute Gasteiger partial charge is 0.497 e. The number of rotatable bonds is 6. The summed E-state index contributed by atoms with van der Waals surface area (Å²) in [5.74, 6) is 0.594. The number of nitrogens with one attached hydrogen (secondary N) is 1. The van der Waals surface area contributed by atoms with Crippen LogP contribution in [0.15, 0.2) is 24.3 Å². The summed E-state index contributed by atoms with van der Waals surface area (Å²) in [5.41, 5.74) is 2.08. The molecule has 22 heavy (non-hydrogen) atoms. The lowest BCUT2D eigenvalue weighted by atomic mass is 10.2. The lowest BCUT2D eigenvalue weighted by Crippen LogP contribution is -2.31. The van der Waals surface area contributed by atoms with Crippen LogP contribution in [0.25, 0.3) is 5.69 Å². The molecule has 2 rings (SSSR count). The summed E-state index contributed by atoms with van der Waals surface area (Å²) >= 11 is 0. The zero-order chi connectivity index (χ0) is 16.1. The van der Waals surface area contributed by atoms with Gasteiger partial charge in [0.1, 0.15) is 5.75 Å².